The third-order valence-corrected chi connectivity index (χ3v) is 4.29. The lowest BCUT2D eigenvalue weighted by atomic mass is 9.95. The number of carbonyl (C=O) groups excluding carboxylic acids is 1. The fourth-order valence-corrected chi connectivity index (χ4v) is 3.02. The summed E-state index contributed by atoms with van der Waals surface area (Å²) >= 11 is 0. The van der Waals surface area contributed by atoms with Crippen molar-refractivity contribution in [1.82, 2.24) is 10.2 Å². The number of carbonyl (C=O) groups is 1. The van der Waals surface area contributed by atoms with E-state index in [9.17, 15) is 4.79 Å². The van der Waals surface area contributed by atoms with Crippen molar-refractivity contribution in [3.05, 3.63) is 35.4 Å². The first-order valence-electron chi connectivity index (χ1n) is 7.48. The lowest BCUT2D eigenvalue weighted by molar-refractivity contribution is -0.141. The lowest BCUT2D eigenvalue weighted by Crippen LogP contribution is -2.54. The Balaban J connectivity index is 1.67. The first kappa shape index (κ1) is 13.6. The summed E-state index contributed by atoms with van der Waals surface area (Å²) in [6.07, 6.45) is 1.96. The number of morpholine rings is 1. The Morgan fingerprint density at radius 3 is 3.00 bits per heavy atom. The summed E-state index contributed by atoms with van der Waals surface area (Å²) in [4.78, 5) is 14.6. The smallest absolute Gasteiger partial charge is 0.240 e. The van der Waals surface area contributed by atoms with Gasteiger partial charge in [0.1, 0.15) is 0 Å². The van der Waals surface area contributed by atoms with Gasteiger partial charge in [-0.2, -0.15) is 0 Å². The fraction of sp³-hybridized carbons (Fsp3) is 0.562. The zero-order chi connectivity index (χ0) is 13.9. The van der Waals surface area contributed by atoms with Gasteiger partial charge in [-0.25, -0.2) is 0 Å². The predicted octanol–water partition coefficient (Wildman–Crippen LogP) is 1.34. The summed E-state index contributed by atoms with van der Waals surface area (Å²) in [7, 11) is 0. The molecular weight excluding hydrogens is 252 g/mol. The molecule has 0 saturated carbocycles. The van der Waals surface area contributed by atoms with Crippen LogP contribution in [0.3, 0.4) is 0 Å². The normalized spacial score (nSPS) is 26.1. The van der Waals surface area contributed by atoms with Gasteiger partial charge >= 0.3 is 0 Å². The van der Waals surface area contributed by atoms with Gasteiger partial charge in [0.2, 0.25) is 5.91 Å². The van der Waals surface area contributed by atoms with Crippen LogP contribution in [0.25, 0.3) is 0 Å². The zero-order valence-corrected chi connectivity index (χ0v) is 12.0. The molecule has 108 valence electrons. The largest absolute Gasteiger partial charge is 0.375 e. The van der Waals surface area contributed by atoms with Gasteiger partial charge in [0.05, 0.1) is 18.8 Å². The lowest BCUT2D eigenvalue weighted by Gasteiger charge is -2.36. The maximum atomic E-state index is 12.6. The molecule has 4 heteroatoms. The molecule has 1 fully saturated rings. The van der Waals surface area contributed by atoms with Crippen LogP contribution in [0.2, 0.25) is 0 Å². The number of nitrogens with one attached hydrogen (secondary N) is 1. The van der Waals surface area contributed by atoms with E-state index in [-0.39, 0.29) is 18.1 Å². The first-order chi connectivity index (χ1) is 9.78. The molecule has 1 aromatic rings. The molecule has 0 aliphatic carbocycles. The van der Waals surface area contributed by atoms with Crippen LogP contribution in [0.4, 0.5) is 0 Å². The third-order valence-electron chi connectivity index (χ3n) is 4.29. The second-order valence-corrected chi connectivity index (χ2v) is 5.59. The van der Waals surface area contributed by atoms with Crippen molar-refractivity contribution >= 4 is 5.91 Å². The maximum Gasteiger partial charge on any atom is 0.240 e. The molecule has 2 aliphatic heterocycles. The highest BCUT2D eigenvalue weighted by atomic mass is 16.5. The van der Waals surface area contributed by atoms with Crippen molar-refractivity contribution < 1.29 is 9.53 Å². The SMILES string of the molecule is CCC1CN(C(=O)C2Cc3ccccc3CN2)CCO1. The Bertz CT molecular complexity index is 489. The number of hydrogen-bond acceptors (Lipinski definition) is 3. The van der Waals surface area contributed by atoms with E-state index < -0.39 is 0 Å². The van der Waals surface area contributed by atoms with Gasteiger partial charge in [-0.1, -0.05) is 31.2 Å². The Hall–Kier alpha value is -1.39. The molecule has 2 aliphatic rings. The Morgan fingerprint density at radius 2 is 2.20 bits per heavy atom. The van der Waals surface area contributed by atoms with Gasteiger partial charge in [-0.05, 0) is 24.0 Å². The summed E-state index contributed by atoms with van der Waals surface area (Å²) in [6.45, 7) is 5.00. The molecule has 1 N–H and O–H groups in total. The van der Waals surface area contributed by atoms with Crippen molar-refractivity contribution in [2.45, 2.75) is 38.5 Å². The molecule has 0 bridgehead atoms. The number of nitrogens with zero attached hydrogens (tertiary/aromatic N) is 1. The summed E-state index contributed by atoms with van der Waals surface area (Å²) in [5.74, 6) is 0.223. The van der Waals surface area contributed by atoms with Crippen LogP contribution >= 0.6 is 0 Å². The summed E-state index contributed by atoms with van der Waals surface area (Å²) in [6, 6.07) is 8.28. The number of amides is 1. The second-order valence-electron chi connectivity index (χ2n) is 5.59. The minimum atomic E-state index is -0.0829. The molecule has 0 radical (unpaired) electrons. The van der Waals surface area contributed by atoms with Gasteiger partial charge in [0, 0.05) is 19.6 Å². The quantitative estimate of drug-likeness (QED) is 0.885. The van der Waals surface area contributed by atoms with E-state index in [2.05, 4.69) is 30.4 Å². The monoisotopic (exact) mass is 274 g/mol. The summed E-state index contributed by atoms with van der Waals surface area (Å²) < 4.78 is 5.64. The van der Waals surface area contributed by atoms with Crippen molar-refractivity contribution in [1.29, 1.82) is 0 Å². The first-order valence-corrected chi connectivity index (χ1v) is 7.48. The molecule has 1 saturated heterocycles. The number of fused-ring (bicyclic) bond motifs is 1. The maximum absolute atomic E-state index is 12.6. The van der Waals surface area contributed by atoms with E-state index >= 15 is 0 Å². The Kier molecular flexibility index (Phi) is 4.03. The van der Waals surface area contributed by atoms with E-state index in [4.69, 9.17) is 4.74 Å². The zero-order valence-electron chi connectivity index (χ0n) is 12.0. The molecule has 3 rings (SSSR count). The number of hydrogen-bond donors (Lipinski definition) is 1. The third kappa shape index (κ3) is 2.72. The molecule has 2 heterocycles. The Morgan fingerprint density at radius 1 is 1.40 bits per heavy atom. The highest BCUT2D eigenvalue weighted by Gasteiger charge is 2.30. The van der Waals surface area contributed by atoms with Crippen molar-refractivity contribution in [2.75, 3.05) is 19.7 Å². The highest BCUT2D eigenvalue weighted by molar-refractivity contribution is 5.82. The van der Waals surface area contributed by atoms with Crippen LogP contribution in [-0.2, 0) is 22.5 Å². The van der Waals surface area contributed by atoms with Crippen LogP contribution < -0.4 is 5.32 Å². The van der Waals surface area contributed by atoms with Crippen LogP contribution in [0.5, 0.6) is 0 Å². The highest BCUT2D eigenvalue weighted by Crippen LogP contribution is 2.18. The molecule has 0 spiro atoms. The molecular formula is C16H22N2O2. The molecule has 4 nitrogen and oxygen atoms in total. The van der Waals surface area contributed by atoms with Gasteiger partial charge in [0.25, 0.3) is 0 Å². The minimum Gasteiger partial charge on any atom is -0.375 e. The average Bonchev–Trinajstić information content (AvgIpc) is 2.53. The van der Waals surface area contributed by atoms with E-state index in [1.165, 1.54) is 11.1 Å². The number of ether oxygens (including phenoxy) is 1. The van der Waals surface area contributed by atoms with Crippen LogP contribution in [0, 0.1) is 0 Å². The van der Waals surface area contributed by atoms with Crippen molar-refractivity contribution in [3.63, 3.8) is 0 Å². The molecule has 20 heavy (non-hydrogen) atoms. The van der Waals surface area contributed by atoms with E-state index in [0.29, 0.717) is 6.61 Å². The van der Waals surface area contributed by atoms with Gasteiger partial charge < -0.3 is 15.0 Å². The molecule has 1 amide bonds. The molecule has 2 unspecified atom stereocenters. The van der Waals surface area contributed by atoms with Crippen LogP contribution in [0.1, 0.15) is 24.5 Å². The van der Waals surface area contributed by atoms with Crippen molar-refractivity contribution in [3.8, 4) is 0 Å². The topological polar surface area (TPSA) is 41.6 Å². The van der Waals surface area contributed by atoms with Gasteiger partial charge in [-0.15, -0.1) is 0 Å². The fourth-order valence-electron chi connectivity index (χ4n) is 3.02. The van der Waals surface area contributed by atoms with Crippen molar-refractivity contribution in [2.24, 2.45) is 0 Å². The van der Waals surface area contributed by atoms with Crippen LogP contribution in [0.15, 0.2) is 24.3 Å². The summed E-state index contributed by atoms with van der Waals surface area (Å²) in [5, 5.41) is 3.37. The van der Waals surface area contributed by atoms with E-state index in [0.717, 1.165) is 32.5 Å². The predicted molar refractivity (Wildman–Crippen MR) is 77.4 cm³/mol. The minimum absolute atomic E-state index is 0.0829. The van der Waals surface area contributed by atoms with E-state index in [1.54, 1.807) is 0 Å². The second kappa shape index (κ2) is 5.94. The number of benzene rings is 1. The Labute approximate surface area is 120 Å². The average molecular weight is 274 g/mol. The van der Waals surface area contributed by atoms with Gasteiger partial charge in [-0.3, -0.25) is 4.79 Å². The number of rotatable bonds is 2. The van der Waals surface area contributed by atoms with Gasteiger partial charge in [0.15, 0.2) is 0 Å². The molecule has 0 aromatic heterocycles. The molecule has 1 aromatic carbocycles. The molecule has 2 atom stereocenters. The standard InChI is InChI=1S/C16H22N2O2/c1-2-14-11-18(7-8-20-14)16(19)15-9-12-5-3-4-6-13(12)10-17-15/h3-6,14-15,17H,2,7-11H2,1H3. The summed E-state index contributed by atoms with van der Waals surface area (Å²) in [5.41, 5.74) is 2.61. The van der Waals surface area contributed by atoms with E-state index in [1.807, 2.05) is 11.0 Å². The van der Waals surface area contributed by atoms with Crippen LogP contribution in [-0.4, -0.2) is 42.6 Å².